The maximum atomic E-state index is 12.4. The van der Waals surface area contributed by atoms with Crippen molar-refractivity contribution in [3.8, 4) is 23.1 Å². The maximum Gasteiger partial charge on any atom is 0.338 e. The average molecular weight is 407 g/mol. The summed E-state index contributed by atoms with van der Waals surface area (Å²) in [6.07, 6.45) is 2.31. The van der Waals surface area contributed by atoms with Crippen molar-refractivity contribution < 1.29 is 27.8 Å². The third kappa shape index (κ3) is 4.64. The van der Waals surface area contributed by atoms with Gasteiger partial charge in [0.1, 0.15) is 0 Å². The Bertz CT molecular complexity index is 923. The molecule has 0 radical (unpaired) electrons. The first kappa shape index (κ1) is 19.8. The Hall–Kier alpha value is -3.00. The van der Waals surface area contributed by atoms with Crippen molar-refractivity contribution in [1.82, 2.24) is 10.2 Å². The zero-order chi connectivity index (χ0) is 19.9. The zero-order valence-corrected chi connectivity index (χ0v) is 16.2. The summed E-state index contributed by atoms with van der Waals surface area (Å²) in [6.45, 7) is 4.50. The lowest BCUT2D eigenvalue weighted by Gasteiger charge is -2.14. The summed E-state index contributed by atoms with van der Waals surface area (Å²) in [5, 5.41) is 7.94. The number of ether oxygens (including phenoxy) is 3. The van der Waals surface area contributed by atoms with Gasteiger partial charge in [-0.3, -0.25) is 0 Å². The highest BCUT2D eigenvalue weighted by atomic mass is 35.5. The molecule has 0 atom stereocenters. The molecule has 0 fully saturated rings. The molecule has 3 aromatic rings. The average Bonchev–Trinajstić information content (AvgIpc) is 3.37. The molecule has 2 aromatic heterocycles. The molecule has 0 aliphatic heterocycles. The highest BCUT2D eigenvalue weighted by molar-refractivity contribution is 6.32. The smallest absolute Gasteiger partial charge is 0.338 e. The van der Waals surface area contributed by atoms with Crippen LogP contribution in [0.4, 0.5) is 0 Å². The number of esters is 1. The topological polar surface area (TPSA) is 96.8 Å². The number of aromatic nitrogens is 2. The number of benzene rings is 1. The lowest BCUT2D eigenvalue weighted by Crippen LogP contribution is -2.08. The van der Waals surface area contributed by atoms with Gasteiger partial charge >= 0.3 is 5.97 Å². The van der Waals surface area contributed by atoms with E-state index in [0.29, 0.717) is 30.5 Å². The quantitative estimate of drug-likeness (QED) is 0.478. The van der Waals surface area contributed by atoms with E-state index in [1.807, 2.05) is 13.8 Å². The van der Waals surface area contributed by atoms with E-state index in [1.165, 1.54) is 18.4 Å². The molecular formula is C19H19ClN2O6. The van der Waals surface area contributed by atoms with Gasteiger partial charge in [0, 0.05) is 0 Å². The molecule has 0 amide bonds. The van der Waals surface area contributed by atoms with Gasteiger partial charge in [-0.2, -0.15) is 0 Å². The number of nitrogens with zero attached hydrogens (tertiary/aromatic N) is 2. The summed E-state index contributed by atoms with van der Waals surface area (Å²) < 4.78 is 27.0. The van der Waals surface area contributed by atoms with Gasteiger partial charge < -0.3 is 23.0 Å². The van der Waals surface area contributed by atoms with E-state index >= 15 is 0 Å². The summed E-state index contributed by atoms with van der Waals surface area (Å²) in [4.78, 5) is 12.4. The van der Waals surface area contributed by atoms with Crippen LogP contribution in [0.1, 0.15) is 36.5 Å². The van der Waals surface area contributed by atoms with Crippen molar-refractivity contribution >= 4 is 17.6 Å². The molecular weight excluding hydrogens is 388 g/mol. The molecule has 0 spiro atoms. The van der Waals surface area contributed by atoms with Gasteiger partial charge in [-0.05, 0) is 37.6 Å². The minimum atomic E-state index is -0.609. The van der Waals surface area contributed by atoms with Gasteiger partial charge in [0.25, 0.3) is 11.8 Å². The van der Waals surface area contributed by atoms with Crippen molar-refractivity contribution in [3.63, 3.8) is 0 Å². The van der Waals surface area contributed by atoms with E-state index in [9.17, 15) is 4.79 Å². The number of furan rings is 1. The van der Waals surface area contributed by atoms with E-state index in [-0.39, 0.29) is 29.0 Å². The number of hydrogen-bond donors (Lipinski definition) is 0. The Kier molecular flexibility index (Phi) is 6.54. The van der Waals surface area contributed by atoms with Crippen molar-refractivity contribution in [2.24, 2.45) is 0 Å². The predicted molar refractivity (Wildman–Crippen MR) is 99.5 cm³/mol. The number of hydrogen-bond acceptors (Lipinski definition) is 8. The maximum absolute atomic E-state index is 12.4. The van der Waals surface area contributed by atoms with Gasteiger partial charge in [0.2, 0.25) is 0 Å². The van der Waals surface area contributed by atoms with Crippen LogP contribution in [0.2, 0.25) is 5.02 Å². The third-order valence-electron chi connectivity index (χ3n) is 3.52. The molecule has 0 saturated carbocycles. The van der Waals surface area contributed by atoms with Crippen molar-refractivity contribution in [2.45, 2.75) is 26.9 Å². The van der Waals surface area contributed by atoms with Crippen molar-refractivity contribution in [3.05, 3.63) is 47.0 Å². The standard InChI is InChI=1S/C19H19ClN2O6/c1-3-7-26-17-13(20)9-12(10-15(17)24-4-2)19(23)27-11-16-21-22-18(28-16)14-6-5-8-25-14/h5-6,8-10H,3-4,7,11H2,1-2H3. The number of rotatable bonds is 9. The van der Waals surface area contributed by atoms with Crippen molar-refractivity contribution in [2.75, 3.05) is 13.2 Å². The second-order valence-corrected chi connectivity index (χ2v) is 6.03. The molecule has 0 N–H and O–H groups in total. The molecule has 3 rings (SSSR count). The van der Waals surface area contributed by atoms with Gasteiger partial charge in [0.15, 0.2) is 23.9 Å². The minimum absolute atomic E-state index is 0.138. The summed E-state index contributed by atoms with van der Waals surface area (Å²) in [7, 11) is 0. The second kappa shape index (κ2) is 9.27. The van der Waals surface area contributed by atoms with E-state index in [1.54, 1.807) is 12.1 Å². The Morgan fingerprint density at radius 1 is 1.21 bits per heavy atom. The lowest BCUT2D eigenvalue weighted by atomic mass is 10.2. The van der Waals surface area contributed by atoms with Crippen LogP contribution in [-0.4, -0.2) is 29.4 Å². The van der Waals surface area contributed by atoms with Gasteiger partial charge in [-0.1, -0.05) is 18.5 Å². The fraction of sp³-hybridized carbons (Fsp3) is 0.316. The first-order valence-corrected chi connectivity index (χ1v) is 9.12. The van der Waals surface area contributed by atoms with E-state index < -0.39 is 5.97 Å². The molecule has 148 valence electrons. The minimum Gasteiger partial charge on any atom is -0.490 e. The highest BCUT2D eigenvalue weighted by Crippen LogP contribution is 2.37. The molecule has 0 bridgehead atoms. The molecule has 0 saturated heterocycles. The molecule has 9 heteroatoms. The fourth-order valence-electron chi connectivity index (χ4n) is 2.32. The van der Waals surface area contributed by atoms with Crippen LogP contribution in [0.3, 0.4) is 0 Å². The Morgan fingerprint density at radius 2 is 2.07 bits per heavy atom. The van der Waals surface area contributed by atoms with Crippen LogP contribution in [0, 0.1) is 0 Å². The Balaban J connectivity index is 1.70. The third-order valence-corrected chi connectivity index (χ3v) is 3.80. The van der Waals surface area contributed by atoms with Crippen molar-refractivity contribution in [1.29, 1.82) is 0 Å². The van der Waals surface area contributed by atoms with Crippen LogP contribution in [0.15, 0.2) is 39.4 Å². The fourth-order valence-corrected chi connectivity index (χ4v) is 2.58. The number of carbonyl (C=O) groups excluding carboxylic acids is 1. The first-order valence-electron chi connectivity index (χ1n) is 8.74. The van der Waals surface area contributed by atoms with Crippen LogP contribution in [-0.2, 0) is 11.3 Å². The monoisotopic (exact) mass is 406 g/mol. The second-order valence-electron chi connectivity index (χ2n) is 5.62. The van der Waals surface area contributed by atoms with Crippen LogP contribution >= 0.6 is 11.6 Å². The van der Waals surface area contributed by atoms with Gasteiger partial charge in [0.05, 0.1) is 30.1 Å². The predicted octanol–water partition coefficient (Wildman–Crippen LogP) is 4.53. The molecule has 8 nitrogen and oxygen atoms in total. The van der Waals surface area contributed by atoms with Crippen LogP contribution in [0.25, 0.3) is 11.7 Å². The largest absolute Gasteiger partial charge is 0.490 e. The molecule has 1 aromatic carbocycles. The molecule has 0 unspecified atom stereocenters. The number of carbonyl (C=O) groups is 1. The Labute approximate surface area is 166 Å². The number of halogens is 1. The van der Waals surface area contributed by atoms with Crippen LogP contribution < -0.4 is 9.47 Å². The summed E-state index contributed by atoms with van der Waals surface area (Å²) in [6, 6.07) is 6.39. The zero-order valence-electron chi connectivity index (χ0n) is 15.4. The van der Waals surface area contributed by atoms with Crippen LogP contribution in [0.5, 0.6) is 11.5 Å². The summed E-state index contributed by atoms with van der Waals surface area (Å²) in [5.74, 6) is 0.952. The van der Waals surface area contributed by atoms with Gasteiger partial charge in [-0.25, -0.2) is 4.79 Å². The lowest BCUT2D eigenvalue weighted by molar-refractivity contribution is 0.0438. The SMILES string of the molecule is CCCOc1c(Cl)cc(C(=O)OCc2nnc(-c3ccco3)o2)cc1OCC. The van der Waals surface area contributed by atoms with E-state index in [4.69, 9.17) is 34.6 Å². The highest BCUT2D eigenvalue weighted by Gasteiger charge is 2.18. The molecule has 28 heavy (non-hydrogen) atoms. The van der Waals surface area contributed by atoms with E-state index in [2.05, 4.69) is 10.2 Å². The Morgan fingerprint density at radius 3 is 2.79 bits per heavy atom. The molecule has 0 aliphatic carbocycles. The van der Waals surface area contributed by atoms with Gasteiger partial charge in [-0.15, -0.1) is 10.2 Å². The first-order chi connectivity index (χ1) is 13.6. The normalized spacial score (nSPS) is 10.7. The summed E-state index contributed by atoms with van der Waals surface area (Å²) >= 11 is 6.26. The molecule has 0 aliphatic rings. The van der Waals surface area contributed by atoms with E-state index in [0.717, 1.165) is 6.42 Å². The molecule has 2 heterocycles. The summed E-state index contributed by atoms with van der Waals surface area (Å²) in [5.41, 5.74) is 0.225.